The Kier molecular flexibility index (Phi) is 46.0. The molecule has 0 aromatic rings. The van der Waals surface area contributed by atoms with Crippen molar-refractivity contribution in [2.24, 2.45) is 0 Å². The molecule has 0 aliphatic heterocycles. The monoisotopic (exact) mass is 938 g/mol. The van der Waals surface area contributed by atoms with Crippen molar-refractivity contribution in [3.05, 3.63) is 36.5 Å². The number of nitrogens with zero attached hydrogens (tertiary/aromatic N) is 1. The van der Waals surface area contributed by atoms with Crippen LogP contribution >= 0.6 is 7.82 Å². The Labute approximate surface area is 401 Å². The van der Waals surface area contributed by atoms with Crippen LogP contribution in [-0.4, -0.2) is 70.0 Å². The number of allylic oxidation sites excluding steroid dienone is 6. The normalized spacial score (nSPS) is 13.6. The van der Waals surface area contributed by atoms with Gasteiger partial charge in [-0.2, -0.15) is 0 Å². The molecule has 10 heteroatoms. The molecule has 382 valence electrons. The summed E-state index contributed by atoms with van der Waals surface area (Å²) in [4.78, 5) is 37.8. The number of esters is 2. The molecule has 2 unspecified atom stereocenters. The first-order chi connectivity index (χ1) is 31.5. The van der Waals surface area contributed by atoms with Gasteiger partial charge in [0.1, 0.15) is 19.8 Å². The number of carbonyl (C=O) groups is 2. The van der Waals surface area contributed by atoms with Crippen LogP contribution in [0.4, 0.5) is 0 Å². The number of unbranched alkanes of at least 4 members (excludes halogenated alkanes) is 30. The van der Waals surface area contributed by atoms with E-state index in [0.29, 0.717) is 17.4 Å². The Bertz CT molecular complexity index is 1200. The lowest BCUT2D eigenvalue weighted by atomic mass is 10.0. The van der Waals surface area contributed by atoms with E-state index >= 15 is 0 Å². The Morgan fingerprint density at radius 1 is 0.492 bits per heavy atom. The SMILES string of the molecule is CC/C=C\C/C=C\C/C=C\CCCCCCCCCC(=O)OC(COC(=O)CCCCCCCCCCCCCCCCCCCCCCCCCC)COP(=O)([O-])OCC[N+](C)(C)C. The maximum Gasteiger partial charge on any atom is 0.306 e. The third kappa shape index (κ3) is 51.5. The highest BCUT2D eigenvalue weighted by Crippen LogP contribution is 2.38. The minimum atomic E-state index is -4.63. The van der Waals surface area contributed by atoms with Gasteiger partial charge in [0.25, 0.3) is 7.82 Å². The Morgan fingerprint density at radius 2 is 0.877 bits per heavy atom. The lowest BCUT2D eigenvalue weighted by molar-refractivity contribution is -0.870. The zero-order chi connectivity index (χ0) is 47.8. The van der Waals surface area contributed by atoms with Gasteiger partial charge in [-0.3, -0.25) is 14.2 Å². The van der Waals surface area contributed by atoms with E-state index < -0.39 is 26.5 Å². The largest absolute Gasteiger partial charge is 0.756 e. The molecule has 2 atom stereocenters. The summed E-state index contributed by atoms with van der Waals surface area (Å²) in [6.45, 7) is 4.15. The second-order valence-corrected chi connectivity index (χ2v) is 21.0. The minimum Gasteiger partial charge on any atom is -0.756 e. The first-order valence-corrected chi connectivity index (χ1v) is 28.7. The van der Waals surface area contributed by atoms with E-state index in [-0.39, 0.29) is 32.0 Å². The Balaban J connectivity index is 4.15. The van der Waals surface area contributed by atoms with Crippen LogP contribution in [0.5, 0.6) is 0 Å². The second kappa shape index (κ2) is 47.3. The van der Waals surface area contributed by atoms with Crippen LogP contribution in [0.1, 0.15) is 251 Å². The zero-order valence-corrected chi connectivity index (χ0v) is 44.1. The highest BCUT2D eigenvalue weighted by Gasteiger charge is 2.21. The number of likely N-dealkylation sites (N-methyl/N-ethyl adjacent to an activating group) is 1. The van der Waals surface area contributed by atoms with Gasteiger partial charge >= 0.3 is 11.9 Å². The van der Waals surface area contributed by atoms with Crippen LogP contribution in [0.3, 0.4) is 0 Å². The first-order valence-electron chi connectivity index (χ1n) is 27.2. The molecule has 0 amide bonds. The van der Waals surface area contributed by atoms with E-state index in [9.17, 15) is 19.0 Å². The summed E-state index contributed by atoms with van der Waals surface area (Å²) in [6.07, 6.45) is 56.1. The molecule has 0 saturated heterocycles. The van der Waals surface area contributed by atoms with Crippen LogP contribution in [0.25, 0.3) is 0 Å². The topological polar surface area (TPSA) is 111 Å². The van der Waals surface area contributed by atoms with Crippen molar-refractivity contribution in [3.8, 4) is 0 Å². The van der Waals surface area contributed by atoms with Crippen molar-refractivity contribution >= 4 is 19.8 Å². The van der Waals surface area contributed by atoms with Gasteiger partial charge in [0.05, 0.1) is 27.7 Å². The molecule has 0 aromatic carbocycles. The third-order valence-electron chi connectivity index (χ3n) is 11.9. The van der Waals surface area contributed by atoms with Crippen molar-refractivity contribution in [1.29, 1.82) is 0 Å². The summed E-state index contributed by atoms with van der Waals surface area (Å²) < 4.78 is 34.1. The number of hydrogen-bond acceptors (Lipinski definition) is 8. The fraction of sp³-hybridized carbons (Fsp3) is 0.855. The lowest BCUT2D eigenvalue weighted by Gasteiger charge is -2.28. The number of quaternary nitrogens is 1. The molecule has 0 rings (SSSR count). The van der Waals surface area contributed by atoms with Gasteiger partial charge in [-0.1, -0.05) is 230 Å². The molecule has 0 aromatic heterocycles. The van der Waals surface area contributed by atoms with Gasteiger partial charge in [0.15, 0.2) is 6.10 Å². The highest BCUT2D eigenvalue weighted by atomic mass is 31.2. The summed E-state index contributed by atoms with van der Waals surface area (Å²) in [5, 5.41) is 0. The number of rotatable bonds is 50. The lowest BCUT2D eigenvalue weighted by Crippen LogP contribution is -2.37. The predicted octanol–water partition coefficient (Wildman–Crippen LogP) is 15.8. The quantitative estimate of drug-likeness (QED) is 0.0195. The van der Waals surface area contributed by atoms with E-state index in [1.165, 1.54) is 154 Å². The van der Waals surface area contributed by atoms with Crippen molar-refractivity contribution in [2.45, 2.75) is 258 Å². The van der Waals surface area contributed by atoms with Gasteiger partial charge < -0.3 is 27.9 Å². The van der Waals surface area contributed by atoms with Crippen molar-refractivity contribution in [3.63, 3.8) is 0 Å². The molecular formula is C55H104NO8P. The van der Waals surface area contributed by atoms with Crippen LogP contribution in [0, 0.1) is 0 Å². The molecular weight excluding hydrogens is 834 g/mol. The van der Waals surface area contributed by atoms with Gasteiger partial charge in [-0.15, -0.1) is 0 Å². The number of ether oxygens (including phenoxy) is 2. The zero-order valence-electron chi connectivity index (χ0n) is 43.2. The maximum atomic E-state index is 12.7. The van der Waals surface area contributed by atoms with Crippen molar-refractivity contribution < 1.29 is 42.1 Å². The van der Waals surface area contributed by atoms with E-state index in [2.05, 4.69) is 50.3 Å². The average Bonchev–Trinajstić information content (AvgIpc) is 3.26. The number of phosphoric ester groups is 1. The van der Waals surface area contributed by atoms with E-state index in [0.717, 1.165) is 64.2 Å². The molecule has 0 N–H and O–H groups in total. The number of hydrogen-bond donors (Lipinski definition) is 0. The third-order valence-corrected chi connectivity index (χ3v) is 12.9. The van der Waals surface area contributed by atoms with Crippen LogP contribution in [0.2, 0.25) is 0 Å². The van der Waals surface area contributed by atoms with Crippen molar-refractivity contribution in [2.75, 3.05) is 47.5 Å². The summed E-state index contributed by atoms with van der Waals surface area (Å²) in [5.41, 5.74) is 0. The van der Waals surface area contributed by atoms with Crippen LogP contribution in [0.15, 0.2) is 36.5 Å². The molecule has 65 heavy (non-hydrogen) atoms. The average molecular weight is 938 g/mol. The summed E-state index contributed by atoms with van der Waals surface area (Å²) in [5.74, 6) is -0.834. The standard InChI is InChI=1S/C55H104NO8P/c1-6-8-10-12-14-16-18-20-22-24-25-26-27-28-29-30-32-33-35-37-39-41-43-45-47-54(57)61-51-53(52-63-65(59,60)62-50-49-56(3,4)5)64-55(58)48-46-44-42-40-38-36-34-31-23-21-19-17-15-13-11-9-7-2/h9,11,15,17,21,23,53H,6-8,10,12-14,16,18-20,22,24-52H2,1-5H3/b11-9-,17-15-,23-21-. The molecule has 0 aliphatic rings. The predicted molar refractivity (Wildman–Crippen MR) is 273 cm³/mol. The van der Waals surface area contributed by atoms with E-state index in [1.807, 2.05) is 21.1 Å². The highest BCUT2D eigenvalue weighted by molar-refractivity contribution is 7.45. The van der Waals surface area contributed by atoms with E-state index in [1.54, 1.807) is 0 Å². The second-order valence-electron chi connectivity index (χ2n) is 19.6. The molecule has 9 nitrogen and oxygen atoms in total. The molecule has 0 fully saturated rings. The summed E-state index contributed by atoms with van der Waals surface area (Å²) in [6, 6.07) is 0. The molecule has 0 aliphatic carbocycles. The number of phosphoric acid groups is 1. The molecule has 0 heterocycles. The Morgan fingerprint density at radius 3 is 1.31 bits per heavy atom. The molecule has 0 radical (unpaired) electrons. The van der Waals surface area contributed by atoms with Gasteiger partial charge in [-0.05, 0) is 44.9 Å². The van der Waals surface area contributed by atoms with Gasteiger partial charge in [-0.25, -0.2) is 0 Å². The van der Waals surface area contributed by atoms with Crippen molar-refractivity contribution in [1.82, 2.24) is 0 Å². The van der Waals surface area contributed by atoms with Gasteiger partial charge in [0.2, 0.25) is 0 Å². The molecule has 0 saturated carbocycles. The fourth-order valence-corrected chi connectivity index (χ4v) is 8.46. The molecule has 0 spiro atoms. The summed E-state index contributed by atoms with van der Waals surface area (Å²) in [7, 11) is 1.17. The van der Waals surface area contributed by atoms with Crippen LogP contribution < -0.4 is 4.89 Å². The first kappa shape index (κ1) is 63.2. The minimum absolute atomic E-state index is 0.0319. The smallest absolute Gasteiger partial charge is 0.306 e. The molecule has 0 bridgehead atoms. The van der Waals surface area contributed by atoms with E-state index in [4.69, 9.17) is 18.5 Å². The number of carbonyl (C=O) groups excluding carboxylic acids is 2. The fourth-order valence-electron chi connectivity index (χ4n) is 7.73. The Hall–Kier alpha value is -1.77. The summed E-state index contributed by atoms with van der Waals surface area (Å²) >= 11 is 0. The van der Waals surface area contributed by atoms with Crippen LogP contribution in [-0.2, 0) is 32.7 Å². The van der Waals surface area contributed by atoms with Gasteiger partial charge in [0, 0.05) is 12.8 Å². The maximum absolute atomic E-state index is 12.7.